The predicted molar refractivity (Wildman–Crippen MR) is 101 cm³/mol. The molecule has 0 bridgehead atoms. The van der Waals surface area contributed by atoms with Gasteiger partial charge in [0.2, 0.25) is 5.91 Å². The summed E-state index contributed by atoms with van der Waals surface area (Å²) in [5.74, 6) is 2.68. The Morgan fingerprint density at radius 1 is 1.24 bits per heavy atom. The molecule has 6 heteroatoms. The van der Waals surface area contributed by atoms with E-state index in [0.717, 1.165) is 57.0 Å². The Kier molecular flexibility index (Phi) is 6.48. The Morgan fingerprint density at radius 3 is 2.88 bits per heavy atom. The molecule has 1 aromatic rings. The van der Waals surface area contributed by atoms with Crippen LogP contribution in [0.5, 0.6) is 0 Å². The molecule has 2 fully saturated rings. The molecule has 1 saturated carbocycles. The van der Waals surface area contributed by atoms with Gasteiger partial charge < -0.3 is 15.5 Å². The van der Waals surface area contributed by atoms with Crippen molar-refractivity contribution in [2.24, 2.45) is 5.92 Å². The number of rotatable bonds is 7. The van der Waals surface area contributed by atoms with Gasteiger partial charge in [0.05, 0.1) is 0 Å². The van der Waals surface area contributed by atoms with E-state index in [2.05, 4.69) is 32.4 Å². The zero-order chi connectivity index (χ0) is 17.5. The van der Waals surface area contributed by atoms with Crippen molar-refractivity contribution >= 4 is 17.5 Å². The van der Waals surface area contributed by atoms with Crippen LogP contribution in [0, 0.1) is 5.92 Å². The standard InChI is InChI=1S/C19H31N5O/c1-2-20-17-12-18(22-14-21-17)24-11-5-6-15(13-24)9-10-19(25)23-16-7-3-4-8-16/h12,14-16H,2-11,13H2,1H3,(H,23,25)(H,20,21,22)/t15-/m1/s1. The van der Waals surface area contributed by atoms with E-state index in [0.29, 0.717) is 18.4 Å². The molecular weight excluding hydrogens is 314 g/mol. The summed E-state index contributed by atoms with van der Waals surface area (Å²) in [6, 6.07) is 2.46. The zero-order valence-corrected chi connectivity index (χ0v) is 15.3. The molecule has 2 aliphatic rings. The molecule has 0 unspecified atom stereocenters. The third-order valence-electron chi connectivity index (χ3n) is 5.35. The lowest BCUT2D eigenvalue weighted by Gasteiger charge is -2.33. The first-order valence-electron chi connectivity index (χ1n) is 9.85. The summed E-state index contributed by atoms with van der Waals surface area (Å²) in [6.07, 6.45) is 10.5. The average Bonchev–Trinajstić information content (AvgIpc) is 3.14. The lowest BCUT2D eigenvalue weighted by molar-refractivity contribution is -0.122. The van der Waals surface area contributed by atoms with Crippen LogP contribution in [0.4, 0.5) is 11.6 Å². The third kappa shape index (κ3) is 5.31. The lowest BCUT2D eigenvalue weighted by Crippen LogP contribution is -2.37. The van der Waals surface area contributed by atoms with E-state index in [9.17, 15) is 4.79 Å². The molecule has 6 nitrogen and oxygen atoms in total. The van der Waals surface area contributed by atoms with Gasteiger partial charge in [-0.25, -0.2) is 9.97 Å². The SMILES string of the molecule is CCNc1cc(N2CCC[C@H](CCC(=O)NC3CCCC3)C2)ncn1. The first kappa shape index (κ1) is 18.0. The first-order valence-corrected chi connectivity index (χ1v) is 9.85. The van der Waals surface area contributed by atoms with Gasteiger partial charge in [-0.1, -0.05) is 12.8 Å². The summed E-state index contributed by atoms with van der Waals surface area (Å²) in [4.78, 5) is 23.2. The summed E-state index contributed by atoms with van der Waals surface area (Å²) < 4.78 is 0. The molecule has 2 heterocycles. The summed E-state index contributed by atoms with van der Waals surface area (Å²) in [5, 5.41) is 6.44. The van der Waals surface area contributed by atoms with Crippen molar-refractivity contribution in [2.75, 3.05) is 29.9 Å². The van der Waals surface area contributed by atoms with Crippen molar-refractivity contribution in [3.05, 3.63) is 12.4 Å². The maximum absolute atomic E-state index is 12.2. The predicted octanol–water partition coefficient (Wildman–Crippen LogP) is 2.96. The number of aromatic nitrogens is 2. The van der Waals surface area contributed by atoms with E-state index < -0.39 is 0 Å². The highest BCUT2D eigenvalue weighted by atomic mass is 16.1. The molecule has 1 atom stereocenters. The van der Waals surface area contributed by atoms with E-state index in [4.69, 9.17) is 0 Å². The fraction of sp³-hybridized carbons (Fsp3) is 0.737. The van der Waals surface area contributed by atoms with Crippen molar-refractivity contribution < 1.29 is 4.79 Å². The van der Waals surface area contributed by atoms with E-state index in [1.165, 1.54) is 19.3 Å². The number of piperidine rings is 1. The number of carbonyl (C=O) groups excluding carboxylic acids is 1. The van der Waals surface area contributed by atoms with Crippen LogP contribution in [0.2, 0.25) is 0 Å². The second-order valence-electron chi connectivity index (χ2n) is 7.33. The number of carbonyl (C=O) groups is 1. The van der Waals surface area contributed by atoms with Gasteiger partial charge in [0, 0.05) is 38.2 Å². The van der Waals surface area contributed by atoms with Crippen molar-refractivity contribution in [2.45, 2.75) is 64.3 Å². The van der Waals surface area contributed by atoms with Crippen molar-refractivity contribution in [3.63, 3.8) is 0 Å². The van der Waals surface area contributed by atoms with Gasteiger partial charge in [0.15, 0.2) is 0 Å². The summed E-state index contributed by atoms with van der Waals surface area (Å²) in [6.45, 7) is 4.94. The number of nitrogens with one attached hydrogen (secondary N) is 2. The third-order valence-corrected chi connectivity index (χ3v) is 5.35. The molecule has 1 aliphatic heterocycles. The summed E-state index contributed by atoms with van der Waals surface area (Å²) in [7, 11) is 0. The van der Waals surface area contributed by atoms with Crippen molar-refractivity contribution in [1.29, 1.82) is 0 Å². The van der Waals surface area contributed by atoms with E-state index in [-0.39, 0.29) is 5.91 Å². The second-order valence-corrected chi connectivity index (χ2v) is 7.33. The maximum atomic E-state index is 12.2. The van der Waals surface area contributed by atoms with Crippen LogP contribution in [-0.4, -0.2) is 41.6 Å². The Morgan fingerprint density at radius 2 is 2.08 bits per heavy atom. The van der Waals surface area contributed by atoms with E-state index in [1.54, 1.807) is 6.33 Å². The Labute approximate surface area is 150 Å². The van der Waals surface area contributed by atoms with Gasteiger partial charge in [-0.15, -0.1) is 0 Å². The molecule has 0 radical (unpaired) electrons. The molecular formula is C19H31N5O. The fourth-order valence-electron chi connectivity index (χ4n) is 4.01. The monoisotopic (exact) mass is 345 g/mol. The normalized spacial score (nSPS) is 21.3. The largest absolute Gasteiger partial charge is 0.370 e. The van der Waals surface area contributed by atoms with Crippen LogP contribution in [0.3, 0.4) is 0 Å². The van der Waals surface area contributed by atoms with E-state index in [1.807, 2.05) is 6.07 Å². The number of nitrogens with zero attached hydrogens (tertiary/aromatic N) is 3. The van der Waals surface area contributed by atoms with Gasteiger partial charge in [-0.3, -0.25) is 4.79 Å². The summed E-state index contributed by atoms with van der Waals surface area (Å²) >= 11 is 0. The van der Waals surface area contributed by atoms with Gasteiger partial charge >= 0.3 is 0 Å². The molecule has 1 aliphatic carbocycles. The molecule has 3 rings (SSSR count). The highest BCUT2D eigenvalue weighted by Crippen LogP contribution is 2.25. The topological polar surface area (TPSA) is 70.2 Å². The molecule has 0 spiro atoms. The van der Waals surface area contributed by atoms with Crippen LogP contribution in [0.15, 0.2) is 12.4 Å². The van der Waals surface area contributed by atoms with Crippen molar-refractivity contribution in [1.82, 2.24) is 15.3 Å². The van der Waals surface area contributed by atoms with Crippen LogP contribution in [0.1, 0.15) is 58.3 Å². The quantitative estimate of drug-likeness (QED) is 0.795. The van der Waals surface area contributed by atoms with Crippen molar-refractivity contribution in [3.8, 4) is 0 Å². The van der Waals surface area contributed by atoms with Gasteiger partial charge in [-0.05, 0) is 44.9 Å². The molecule has 2 N–H and O–H groups in total. The minimum atomic E-state index is 0.237. The van der Waals surface area contributed by atoms with Crippen LogP contribution < -0.4 is 15.5 Å². The number of hydrogen-bond donors (Lipinski definition) is 2. The zero-order valence-electron chi connectivity index (χ0n) is 15.3. The second kappa shape index (κ2) is 9.02. The average molecular weight is 345 g/mol. The first-order chi connectivity index (χ1) is 12.2. The van der Waals surface area contributed by atoms with Gasteiger partial charge in [0.25, 0.3) is 0 Å². The van der Waals surface area contributed by atoms with E-state index >= 15 is 0 Å². The van der Waals surface area contributed by atoms with Crippen LogP contribution in [0.25, 0.3) is 0 Å². The smallest absolute Gasteiger partial charge is 0.220 e. The van der Waals surface area contributed by atoms with Crippen LogP contribution >= 0.6 is 0 Å². The Balaban J connectivity index is 1.47. The highest BCUT2D eigenvalue weighted by molar-refractivity contribution is 5.76. The maximum Gasteiger partial charge on any atom is 0.220 e. The fourth-order valence-corrected chi connectivity index (χ4v) is 4.01. The Bertz CT molecular complexity index is 559. The minimum Gasteiger partial charge on any atom is -0.370 e. The molecule has 138 valence electrons. The number of anilines is 2. The molecule has 1 saturated heterocycles. The Hall–Kier alpha value is -1.85. The molecule has 25 heavy (non-hydrogen) atoms. The number of hydrogen-bond acceptors (Lipinski definition) is 5. The molecule has 0 aromatic carbocycles. The lowest BCUT2D eigenvalue weighted by atomic mass is 9.93. The van der Waals surface area contributed by atoms with Gasteiger partial charge in [0.1, 0.15) is 18.0 Å². The minimum absolute atomic E-state index is 0.237. The van der Waals surface area contributed by atoms with Gasteiger partial charge in [-0.2, -0.15) is 0 Å². The highest BCUT2D eigenvalue weighted by Gasteiger charge is 2.23. The number of amides is 1. The summed E-state index contributed by atoms with van der Waals surface area (Å²) in [5.41, 5.74) is 0. The molecule has 1 aromatic heterocycles. The van der Waals surface area contributed by atoms with Crippen LogP contribution in [-0.2, 0) is 4.79 Å². The molecule has 1 amide bonds.